The molecule has 0 fully saturated rings. The normalized spacial score (nSPS) is 12.0. The molecule has 1 amide bonds. The molecule has 0 aliphatic rings. The molecule has 0 spiro atoms. The van der Waals surface area contributed by atoms with Crippen LogP contribution in [0, 0.1) is 5.82 Å². The van der Waals surface area contributed by atoms with Crippen molar-refractivity contribution >= 4 is 39.9 Å². The zero-order chi connectivity index (χ0) is 18.6. The summed E-state index contributed by atoms with van der Waals surface area (Å²) >= 11 is 4.74. The molecular weight excluding hydrogens is 399 g/mol. The number of rotatable bonds is 6. The fourth-order valence-corrected chi connectivity index (χ4v) is 5.14. The Labute approximate surface area is 168 Å². The third kappa shape index (κ3) is 4.32. The molecular formula is C20H15FN2OS3. The average molecular weight is 415 g/mol. The Hall–Kier alpha value is -2.35. The number of carbonyl (C=O) groups excluding carboxylic acids is 1. The highest BCUT2D eigenvalue weighted by Gasteiger charge is 2.19. The summed E-state index contributed by atoms with van der Waals surface area (Å²) in [5.41, 5.74) is 1.61. The second-order valence-electron chi connectivity index (χ2n) is 5.87. The van der Waals surface area contributed by atoms with Crippen LogP contribution in [-0.4, -0.2) is 10.9 Å². The maximum Gasteiger partial charge on any atom is 0.226 e. The molecule has 3 nitrogen and oxygen atoms in total. The summed E-state index contributed by atoms with van der Waals surface area (Å²) in [6.07, 6.45) is 0.213. The van der Waals surface area contributed by atoms with Crippen LogP contribution in [0.15, 0.2) is 64.7 Å². The van der Waals surface area contributed by atoms with E-state index >= 15 is 0 Å². The standard InChI is InChI=1S/C20H15FN2OS3/c21-14-7-5-13(6-8-14)19(16-3-1-9-25-16)23-18(24)11-15-12-27-20(22-15)17-4-2-10-26-17/h1-10,12,19H,11H2,(H,23,24). The van der Waals surface area contributed by atoms with Crippen molar-refractivity contribution in [2.75, 3.05) is 0 Å². The smallest absolute Gasteiger partial charge is 0.226 e. The summed E-state index contributed by atoms with van der Waals surface area (Å²) in [6, 6.07) is 13.9. The van der Waals surface area contributed by atoms with Crippen LogP contribution in [0.3, 0.4) is 0 Å². The molecule has 1 aromatic carbocycles. The van der Waals surface area contributed by atoms with Gasteiger partial charge in [-0.05, 0) is 40.6 Å². The number of nitrogens with one attached hydrogen (secondary N) is 1. The molecule has 136 valence electrons. The largest absolute Gasteiger partial charge is 0.344 e. The van der Waals surface area contributed by atoms with E-state index in [1.54, 1.807) is 46.1 Å². The Morgan fingerprint density at radius 2 is 1.81 bits per heavy atom. The van der Waals surface area contributed by atoms with E-state index in [4.69, 9.17) is 0 Å². The number of benzene rings is 1. The van der Waals surface area contributed by atoms with Gasteiger partial charge in [-0.15, -0.1) is 34.0 Å². The van der Waals surface area contributed by atoms with Gasteiger partial charge >= 0.3 is 0 Å². The molecule has 4 rings (SSSR count). The highest BCUT2D eigenvalue weighted by atomic mass is 32.1. The molecule has 1 unspecified atom stereocenters. The predicted octanol–water partition coefficient (Wildman–Crippen LogP) is 5.52. The molecule has 4 aromatic rings. The number of hydrogen-bond acceptors (Lipinski definition) is 5. The number of carbonyl (C=O) groups is 1. The van der Waals surface area contributed by atoms with Crippen LogP contribution in [0.2, 0.25) is 0 Å². The Morgan fingerprint density at radius 3 is 2.52 bits per heavy atom. The van der Waals surface area contributed by atoms with Crippen LogP contribution >= 0.6 is 34.0 Å². The van der Waals surface area contributed by atoms with E-state index in [0.29, 0.717) is 0 Å². The average Bonchev–Trinajstić information content (AvgIpc) is 3.42. The Kier molecular flexibility index (Phi) is 5.42. The molecule has 1 atom stereocenters. The quantitative estimate of drug-likeness (QED) is 0.451. The minimum Gasteiger partial charge on any atom is -0.344 e. The van der Waals surface area contributed by atoms with Crippen molar-refractivity contribution in [3.8, 4) is 9.88 Å². The first-order chi connectivity index (χ1) is 13.2. The monoisotopic (exact) mass is 414 g/mol. The van der Waals surface area contributed by atoms with Crippen molar-refractivity contribution in [3.05, 3.63) is 86.6 Å². The molecule has 0 radical (unpaired) electrons. The van der Waals surface area contributed by atoms with Crippen LogP contribution in [0.5, 0.6) is 0 Å². The first-order valence-corrected chi connectivity index (χ1v) is 10.9. The third-order valence-corrected chi connectivity index (χ3v) is 6.83. The zero-order valence-electron chi connectivity index (χ0n) is 14.1. The van der Waals surface area contributed by atoms with Crippen LogP contribution in [-0.2, 0) is 11.2 Å². The van der Waals surface area contributed by atoms with Gasteiger partial charge in [-0.2, -0.15) is 0 Å². The van der Waals surface area contributed by atoms with E-state index in [0.717, 1.165) is 26.0 Å². The highest BCUT2D eigenvalue weighted by molar-refractivity contribution is 7.20. The lowest BCUT2D eigenvalue weighted by molar-refractivity contribution is -0.120. The van der Waals surface area contributed by atoms with E-state index in [2.05, 4.69) is 10.3 Å². The van der Waals surface area contributed by atoms with Gasteiger partial charge in [-0.25, -0.2) is 9.37 Å². The molecule has 0 aliphatic heterocycles. The van der Waals surface area contributed by atoms with Gasteiger partial charge in [0.15, 0.2) is 0 Å². The van der Waals surface area contributed by atoms with Crippen molar-refractivity contribution in [2.24, 2.45) is 0 Å². The zero-order valence-corrected chi connectivity index (χ0v) is 16.5. The molecule has 3 aromatic heterocycles. The van der Waals surface area contributed by atoms with E-state index < -0.39 is 0 Å². The number of thiazole rings is 1. The van der Waals surface area contributed by atoms with Crippen LogP contribution in [0.25, 0.3) is 9.88 Å². The lowest BCUT2D eigenvalue weighted by atomic mass is 10.0. The molecule has 1 N–H and O–H groups in total. The molecule has 27 heavy (non-hydrogen) atoms. The van der Waals surface area contributed by atoms with Crippen molar-refractivity contribution in [3.63, 3.8) is 0 Å². The fraction of sp³-hybridized carbons (Fsp3) is 0.100. The van der Waals surface area contributed by atoms with Gasteiger partial charge in [-0.1, -0.05) is 24.3 Å². The number of halogens is 1. The van der Waals surface area contributed by atoms with Gasteiger partial charge in [0.05, 0.1) is 23.0 Å². The minimum absolute atomic E-state index is 0.110. The van der Waals surface area contributed by atoms with Gasteiger partial charge < -0.3 is 5.32 Å². The van der Waals surface area contributed by atoms with Crippen LogP contribution in [0.4, 0.5) is 4.39 Å². The van der Waals surface area contributed by atoms with Gasteiger partial charge in [-0.3, -0.25) is 4.79 Å². The number of aromatic nitrogens is 1. The lowest BCUT2D eigenvalue weighted by Crippen LogP contribution is -2.30. The number of thiophene rings is 2. The van der Waals surface area contributed by atoms with E-state index in [1.807, 2.05) is 40.4 Å². The van der Waals surface area contributed by atoms with Crippen molar-refractivity contribution in [1.29, 1.82) is 0 Å². The number of nitrogens with zero attached hydrogens (tertiary/aromatic N) is 1. The van der Waals surface area contributed by atoms with Crippen molar-refractivity contribution in [2.45, 2.75) is 12.5 Å². The molecule has 3 heterocycles. The molecule has 7 heteroatoms. The summed E-state index contributed by atoms with van der Waals surface area (Å²) in [5.74, 6) is -0.403. The van der Waals surface area contributed by atoms with Crippen LogP contribution in [0.1, 0.15) is 22.2 Å². The molecule has 0 saturated carbocycles. The Bertz CT molecular complexity index is 1010. The van der Waals surface area contributed by atoms with Crippen LogP contribution < -0.4 is 5.32 Å². The summed E-state index contributed by atoms with van der Waals surface area (Å²) in [7, 11) is 0. The second kappa shape index (κ2) is 8.12. The van der Waals surface area contributed by atoms with E-state index in [1.165, 1.54) is 12.1 Å². The summed E-state index contributed by atoms with van der Waals surface area (Å²) < 4.78 is 13.3. The summed E-state index contributed by atoms with van der Waals surface area (Å²) in [6.45, 7) is 0. The number of hydrogen-bond donors (Lipinski definition) is 1. The second-order valence-corrected chi connectivity index (χ2v) is 8.65. The minimum atomic E-state index is -0.298. The molecule has 0 bridgehead atoms. The lowest BCUT2D eigenvalue weighted by Gasteiger charge is -2.18. The van der Waals surface area contributed by atoms with Gasteiger partial charge in [0.25, 0.3) is 0 Å². The third-order valence-electron chi connectivity index (χ3n) is 3.96. The van der Waals surface area contributed by atoms with E-state index in [-0.39, 0.29) is 24.2 Å². The molecule has 0 saturated heterocycles. The van der Waals surface area contributed by atoms with Gasteiger partial charge in [0, 0.05) is 10.3 Å². The van der Waals surface area contributed by atoms with Gasteiger partial charge in [0.1, 0.15) is 10.8 Å². The maximum atomic E-state index is 13.3. The van der Waals surface area contributed by atoms with Crippen molar-refractivity contribution in [1.82, 2.24) is 10.3 Å². The first kappa shape index (κ1) is 18.0. The van der Waals surface area contributed by atoms with E-state index in [9.17, 15) is 9.18 Å². The highest BCUT2D eigenvalue weighted by Crippen LogP contribution is 2.29. The summed E-state index contributed by atoms with van der Waals surface area (Å²) in [4.78, 5) is 19.3. The predicted molar refractivity (Wildman–Crippen MR) is 110 cm³/mol. The number of amides is 1. The Balaban J connectivity index is 1.49. The molecule has 0 aliphatic carbocycles. The summed E-state index contributed by atoms with van der Waals surface area (Å²) in [5, 5.41) is 9.89. The van der Waals surface area contributed by atoms with Gasteiger partial charge in [0.2, 0.25) is 5.91 Å². The SMILES string of the molecule is O=C(Cc1csc(-c2cccs2)n1)NC(c1ccc(F)cc1)c1cccs1. The fourth-order valence-electron chi connectivity index (χ4n) is 2.71. The van der Waals surface area contributed by atoms with Crippen molar-refractivity contribution < 1.29 is 9.18 Å². The topological polar surface area (TPSA) is 42.0 Å². The maximum absolute atomic E-state index is 13.3. The first-order valence-electron chi connectivity index (χ1n) is 8.25. The Morgan fingerprint density at radius 1 is 1.04 bits per heavy atom.